The Hall–Kier alpha value is -5.89. The number of benzene rings is 4. The molecule has 0 unspecified atom stereocenters. The van der Waals surface area contributed by atoms with Crippen LogP contribution in [0.15, 0.2) is 137 Å². The van der Waals surface area contributed by atoms with Gasteiger partial charge in [0.05, 0.1) is 0 Å². The number of carbonyl (C=O) groups excluding carboxylic acids is 2. The summed E-state index contributed by atoms with van der Waals surface area (Å²) in [5.41, 5.74) is -3.12. The van der Waals surface area contributed by atoms with Gasteiger partial charge in [0.25, 0.3) is 0 Å². The predicted molar refractivity (Wildman–Crippen MR) is 322 cm³/mol. The average Bonchev–Trinajstić information content (AvgIpc) is 1.13. The summed E-state index contributed by atoms with van der Waals surface area (Å²) in [6.07, 6.45) is 25.3. The summed E-state index contributed by atoms with van der Waals surface area (Å²) in [6.45, 7) is 14.7. The van der Waals surface area contributed by atoms with Crippen LogP contribution in [0.4, 0.5) is 57.9 Å². The van der Waals surface area contributed by atoms with E-state index in [1.54, 1.807) is 102 Å². The Morgan fingerprint density at radius 3 is 0.953 bits per heavy atom. The fourth-order valence-electron chi connectivity index (χ4n) is 11.5. The Morgan fingerprint density at radius 2 is 0.721 bits per heavy atom. The number of rotatable bonds is 20. The van der Waals surface area contributed by atoms with E-state index in [2.05, 4.69) is 0 Å². The number of hydrogen-bond donors (Lipinski definition) is 2. The Balaban J connectivity index is 0.000000255. The summed E-state index contributed by atoms with van der Waals surface area (Å²) in [6, 6.07) is 8.30. The van der Waals surface area contributed by atoms with Crippen LogP contribution >= 0.6 is 0 Å². The molecule has 0 saturated heterocycles. The fourth-order valence-corrected chi connectivity index (χ4v) is 29.1. The first kappa shape index (κ1) is 67.6. The first-order chi connectivity index (χ1) is 40.3. The first-order valence-electron chi connectivity index (χ1n) is 28.3. The SMILES string of the molecule is CCCCN(C(=O)C(C)(C)C)c1ccc(F)[c]([Ti]([C]2=CC=CC2)([C]2=CC=CC2)[c]2c(F)ccc(N(CCCC)C(=O)C(C)(C)C)c2F)c1F.CS(=O)(=O)Nc1ccc(F)[c]([Ti]([C]2=CC=CC2)([C]2=CC=CC2)[c]2c(F)ccc(NS(C)(=O)=O)c2F)c1F. The Labute approximate surface area is 507 Å². The third-order valence-corrected chi connectivity index (χ3v) is 32.3. The second-order valence-corrected chi connectivity index (χ2v) is 39.1. The van der Waals surface area contributed by atoms with Gasteiger partial charge in [-0.3, -0.25) is 0 Å². The molecule has 0 heterocycles. The van der Waals surface area contributed by atoms with Gasteiger partial charge in [-0.2, -0.15) is 0 Å². The van der Waals surface area contributed by atoms with Crippen molar-refractivity contribution >= 4 is 70.1 Å². The zero-order valence-electron chi connectivity index (χ0n) is 49.8. The quantitative estimate of drug-likeness (QED) is 0.0669. The molecular formula is C64H72F8N4O6S2Ti2. The van der Waals surface area contributed by atoms with Gasteiger partial charge in [0, 0.05) is 0 Å². The fraction of sp³-hybridized carbons (Fsp3) is 0.344. The summed E-state index contributed by atoms with van der Waals surface area (Å²) in [5, 5.41) is 0. The number of hydrogen-bond acceptors (Lipinski definition) is 6. The number of anilines is 4. The zero-order valence-corrected chi connectivity index (χ0v) is 54.6. The molecule has 0 atom stereocenters. The van der Waals surface area contributed by atoms with Crippen LogP contribution in [0.3, 0.4) is 0 Å². The van der Waals surface area contributed by atoms with Gasteiger partial charge in [-0.1, -0.05) is 0 Å². The van der Waals surface area contributed by atoms with Gasteiger partial charge < -0.3 is 0 Å². The van der Waals surface area contributed by atoms with Crippen LogP contribution in [0.5, 0.6) is 0 Å². The molecule has 0 radical (unpaired) electrons. The standard InChI is InChI=1S/2C15H20F2NO.2C7H6F2NO2S.4C5H5.2Ti/c2*1-5-6-9-18(14(19)15(2,3)4)13-8-7-11(16)10-12(13)17;2*1-13(11,12)10-7-3-2-5(8)4-6(7)9;4*1-2-4-5-3-1;;/h2*7-8H,5-6,9H2,1-4H3;2*2-3,10H,1H3;4*1-3H,4H2;;. The minimum atomic E-state index is -5.23. The van der Waals surface area contributed by atoms with E-state index >= 15 is 35.1 Å². The van der Waals surface area contributed by atoms with Gasteiger partial charge in [-0.05, 0) is 0 Å². The minimum absolute atomic E-state index is 0.109. The maximum atomic E-state index is 17.6. The van der Waals surface area contributed by atoms with Crippen molar-refractivity contribution in [3.8, 4) is 0 Å². The van der Waals surface area contributed by atoms with Crippen LogP contribution in [0.25, 0.3) is 0 Å². The van der Waals surface area contributed by atoms with Gasteiger partial charge in [0.1, 0.15) is 0 Å². The molecule has 0 saturated carbocycles. The first-order valence-corrected chi connectivity index (χ1v) is 38.3. The molecule has 460 valence electrons. The summed E-state index contributed by atoms with van der Waals surface area (Å²) in [4.78, 5) is 30.3. The van der Waals surface area contributed by atoms with Gasteiger partial charge in [-0.15, -0.1) is 0 Å². The van der Waals surface area contributed by atoms with E-state index in [0.717, 1.165) is 61.8 Å². The van der Waals surface area contributed by atoms with Crippen molar-refractivity contribution < 1.29 is 94.7 Å². The van der Waals surface area contributed by atoms with E-state index in [0.29, 0.717) is 28.4 Å². The van der Waals surface area contributed by atoms with Crippen molar-refractivity contribution in [1.29, 1.82) is 0 Å². The predicted octanol–water partition coefficient (Wildman–Crippen LogP) is 13.2. The summed E-state index contributed by atoms with van der Waals surface area (Å²) >= 11 is -10.4. The average molecular weight is 1310 g/mol. The van der Waals surface area contributed by atoms with Gasteiger partial charge >= 0.3 is 511 Å². The van der Waals surface area contributed by atoms with E-state index < -0.39 is 130 Å². The molecule has 2 amide bonds. The molecule has 0 spiro atoms. The van der Waals surface area contributed by atoms with Crippen LogP contribution in [-0.4, -0.2) is 54.3 Å². The Kier molecular flexibility index (Phi) is 21.1. The van der Waals surface area contributed by atoms with Gasteiger partial charge in [0.2, 0.25) is 0 Å². The van der Waals surface area contributed by atoms with Crippen molar-refractivity contribution in [2.24, 2.45) is 10.8 Å². The molecule has 4 aromatic carbocycles. The normalized spacial score (nSPS) is 15.1. The van der Waals surface area contributed by atoms with E-state index in [4.69, 9.17) is 0 Å². The van der Waals surface area contributed by atoms with E-state index in [1.165, 1.54) is 21.9 Å². The Bertz CT molecular complexity index is 3600. The van der Waals surface area contributed by atoms with Crippen LogP contribution in [-0.2, 0) is 62.8 Å². The number of halogens is 8. The topological polar surface area (TPSA) is 133 Å². The van der Waals surface area contributed by atoms with E-state index in [9.17, 15) is 26.4 Å². The molecule has 86 heavy (non-hydrogen) atoms. The van der Waals surface area contributed by atoms with Crippen molar-refractivity contribution in [3.05, 3.63) is 183 Å². The molecule has 4 aromatic rings. The third-order valence-electron chi connectivity index (χ3n) is 15.3. The molecule has 10 nitrogen and oxygen atoms in total. The summed E-state index contributed by atoms with van der Waals surface area (Å²) < 4.78 is 184. The molecule has 4 aliphatic rings. The van der Waals surface area contributed by atoms with Crippen LogP contribution in [0, 0.1) is 57.4 Å². The molecule has 8 rings (SSSR count). The second kappa shape index (κ2) is 26.8. The molecule has 0 fully saturated rings. The molecule has 0 aromatic heterocycles. The molecule has 4 aliphatic carbocycles. The van der Waals surface area contributed by atoms with E-state index in [-0.39, 0.29) is 69.7 Å². The zero-order chi connectivity index (χ0) is 63.5. The van der Waals surface area contributed by atoms with E-state index in [1.807, 2.05) is 35.4 Å². The Morgan fingerprint density at radius 1 is 0.453 bits per heavy atom. The molecule has 0 aliphatic heterocycles. The second-order valence-electron chi connectivity index (χ2n) is 23.7. The molecule has 22 heteroatoms. The number of amides is 2. The maximum absolute atomic E-state index is 17.6. The number of sulfonamides is 2. The monoisotopic (exact) mass is 1300 g/mol. The van der Waals surface area contributed by atoms with Crippen molar-refractivity contribution in [2.45, 2.75) is 107 Å². The number of allylic oxidation sites excluding steroid dienone is 16. The van der Waals surface area contributed by atoms with Crippen molar-refractivity contribution in [3.63, 3.8) is 0 Å². The van der Waals surface area contributed by atoms with Gasteiger partial charge in [-0.25, -0.2) is 0 Å². The third kappa shape index (κ3) is 13.7. The van der Waals surface area contributed by atoms with Crippen LogP contribution < -0.4 is 34.7 Å². The summed E-state index contributed by atoms with van der Waals surface area (Å²) in [5.74, 6) is -9.25. The molecular weight excluding hydrogens is 1230 g/mol. The number of nitrogens with zero attached hydrogens (tertiary/aromatic N) is 2. The molecule has 0 bridgehead atoms. The number of carbonyl (C=O) groups is 2. The van der Waals surface area contributed by atoms with Gasteiger partial charge in [0.15, 0.2) is 0 Å². The number of nitrogens with one attached hydrogen (secondary N) is 2. The van der Waals surface area contributed by atoms with Crippen molar-refractivity contribution in [2.75, 3.05) is 44.8 Å². The molecule has 2 N–H and O–H groups in total. The van der Waals surface area contributed by atoms with Crippen molar-refractivity contribution in [1.82, 2.24) is 0 Å². The number of unbranched alkanes of at least 4 members (excludes halogenated alkanes) is 2. The summed E-state index contributed by atoms with van der Waals surface area (Å²) in [7, 11) is -7.98. The van der Waals surface area contributed by atoms with Crippen LogP contribution in [0.2, 0.25) is 0 Å². The van der Waals surface area contributed by atoms with Crippen LogP contribution in [0.1, 0.15) is 107 Å².